The molecular weight excluding hydrogens is 466 g/mol. The summed E-state index contributed by atoms with van der Waals surface area (Å²) in [4.78, 5) is 28.3. The molecule has 0 radical (unpaired) electrons. The number of amides is 1. The van der Waals surface area contributed by atoms with Crippen LogP contribution < -0.4 is 9.64 Å². The molecule has 37 heavy (non-hydrogen) atoms. The van der Waals surface area contributed by atoms with Gasteiger partial charge in [0.25, 0.3) is 0 Å². The van der Waals surface area contributed by atoms with Crippen LogP contribution in [-0.4, -0.2) is 34.3 Å². The van der Waals surface area contributed by atoms with Gasteiger partial charge < -0.3 is 9.47 Å². The molecule has 0 spiro atoms. The molecule has 1 fully saturated rings. The van der Waals surface area contributed by atoms with Crippen LogP contribution in [0.5, 0.6) is 5.75 Å². The molecule has 7 nitrogen and oxygen atoms in total. The van der Waals surface area contributed by atoms with Crippen molar-refractivity contribution in [3.05, 3.63) is 71.9 Å². The molecule has 0 saturated heterocycles. The van der Waals surface area contributed by atoms with E-state index < -0.39 is 5.97 Å². The lowest BCUT2D eigenvalue weighted by Gasteiger charge is -2.32. The summed E-state index contributed by atoms with van der Waals surface area (Å²) in [5.41, 5.74) is 2.14. The first kappa shape index (κ1) is 26.5. The number of benzene rings is 2. The zero-order valence-corrected chi connectivity index (χ0v) is 22.2. The Balaban J connectivity index is 1.60. The van der Waals surface area contributed by atoms with Crippen molar-refractivity contribution in [2.24, 2.45) is 11.8 Å². The van der Waals surface area contributed by atoms with Gasteiger partial charge in [-0.1, -0.05) is 37.3 Å². The third-order valence-electron chi connectivity index (χ3n) is 6.89. The van der Waals surface area contributed by atoms with Crippen molar-refractivity contribution in [3.63, 3.8) is 0 Å². The van der Waals surface area contributed by atoms with Gasteiger partial charge in [-0.15, -0.1) is 5.10 Å². The van der Waals surface area contributed by atoms with E-state index in [1.54, 1.807) is 22.7 Å². The second kappa shape index (κ2) is 12.1. The second-order valence-electron chi connectivity index (χ2n) is 10.1. The smallest absolute Gasteiger partial charge is 0.343 e. The van der Waals surface area contributed by atoms with Gasteiger partial charge in [0.1, 0.15) is 17.9 Å². The highest BCUT2D eigenvalue weighted by Gasteiger charge is 2.34. The maximum Gasteiger partial charge on any atom is 0.343 e. The number of hydrogen-bond donors (Lipinski definition) is 0. The van der Waals surface area contributed by atoms with Crippen LogP contribution in [0.15, 0.2) is 60.8 Å². The van der Waals surface area contributed by atoms with Crippen LogP contribution in [0.25, 0.3) is 5.69 Å². The van der Waals surface area contributed by atoms with E-state index in [0.717, 1.165) is 42.7 Å². The molecule has 1 amide bonds. The van der Waals surface area contributed by atoms with Crippen molar-refractivity contribution >= 4 is 17.7 Å². The Morgan fingerprint density at radius 1 is 1.03 bits per heavy atom. The topological polar surface area (TPSA) is 73.7 Å². The van der Waals surface area contributed by atoms with Crippen molar-refractivity contribution in [1.82, 2.24) is 9.78 Å². The van der Waals surface area contributed by atoms with Gasteiger partial charge >= 0.3 is 5.97 Å². The highest BCUT2D eigenvalue weighted by molar-refractivity contribution is 6.02. The average Bonchev–Trinajstić information content (AvgIpc) is 3.33. The fourth-order valence-electron chi connectivity index (χ4n) is 4.77. The molecule has 0 N–H and O–H groups in total. The van der Waals surface area contributed by atoms with Gasteiger partial charge in [0.2, 0.25) is 5.91 Å². The number of nitrogens with zero attached hydrogens (tertiary/aromatic N) is 3. The number of esters is 1. The van der Waals surface area contributed by atoms with Crippen LogP contribution in [0, 0.1) is 11.8 Å². The Morgan fingerprint density at radius 2 is 1.70 bits per heavy atom. The van der Waals surface area contributed by atoms with E-state index in [4.69, 9.17) is 14.6 Å². The Labute approximate surface area is 219 Å². The molecule has 0 aliphatic heterocycles. The number of ether oxygens (including phenoxy) is 2. The van der Waals surface area contributed by atoms with E-state index in [-0.39, 0.29) is 30.0 Å². The summed E-state index contributed by atoms with van der Waals surface area (Å²) in [7, 11) is 0. The Bertz CT molecular complexity index is 1180. The zero-order chi connectivity index (χ0) is 26.4. The number of carbonyl (C=O) groups excluding carboxylic acids is 2. The molecule has 1 heterocycles. The lowest BCUT2D eigenvalue weighted by Crippen LogP contribution is -2.43. The van der Waals surface area contributed by atoms with Crippen molar-refractivity contribution in [2.45, 2.75) is 66.0 Å². The predicted octanol–water partition coefficient (Wildman–Crippen LogP) is 6.20. The molecule has 196 valence electrons. The third-order valence-corrected chi connectivity index (χ3v) is 6.89. The monoisotopic (exact) mass is 503 g/mol. The predicted molar refractivity (Wildman–Crippen MR) is 144 cm³/mol. The van der Waals surface area contributed by atoms with E-state index in [1.807, 2.05) is 68.4 Å². The first-order chi connectivity index (χ1) is 17.9. The van der Waals surface area contributed by atoms with Crippen molar-refractivity contribution in [1.29, 1.82) is 0 Å². The SMILES string of the molecule is CCOC(=O)c1cn(-c2ccc(OCc3ccccc3)cc2)nc1N(C(=O)C1CCC(C)CC1)C(C)C. The molecule has 1 saturated carbocycles. The van der Waals surface area contributed by atoms with Crippen LogP contribution >= 0.6 is 0 Å². The van der Waals surface area contributed by atoms with E-state index in [0.29, 0.717) is 18.3 Å². The molecule has 4 rings (SSSR count). The van der Waals surface area contributed by atoms with Crippen LogP contribution in [0.4, 0.5) is 5.82 Å². The highest BCUT2D eigenvalue weighted by Crippen LogP contribution is 2.33. The third kappa shape index (κ3) is 6.40. The molecule has 0 bridgehead atoms. The number of aromatic nitrogens is 2. The van der Waals surface area contributed by atoms with Gasteiger partial charge in [-0.3, -0.25) is 9.69 Å². The Morgan fingerprint density at radius 3 is 2.32 bits per heavy atom. The largest absolute Gasteiger partial charge is 0.489 e. The maximum atomic E-state index is 13.7. The summed E-state index contributed by atoms with van der Waals surface area (Å²) in [6.07, 6.45) is 5.46. The van der Waals surface area contributed by atoms with Crippen molar-refractivity contribution in [3.8, 4) is 11.4 Å². The van der Waals surface area contributed by atoms with Gasteiger partial charge in [0, 0.05) is 18.2 Å². The maximum absolute atomic E-state index is 13.7. The molecular formula is C30H37N3O4. The first-order valence-electron chi connectivity index (χ1n) is 13.2. The second-order valence-corrected chi connectivity index (χ2v) is 10.1. The van der Waals surface area contributed by atoms with E-state index >= 15 is 0 Å². The van der Waals surface area contributed by atoms with Crippen LogP contribution in [0.3, 0.4) is 0 Å². The summed E-state index contributed by atoms with van der Waals surface area (Å²) >= 11 is 0. The summed E-state index contributed by atoms with van der Waals surface area (Å²) in [5.74, 6) is 1.22. The summed E-state index contributed by atoms with van der Waals surface area (Å²) < 4.78 is 12.9. The van der Waals surface area contributed by atoms with Crippen LogP contribution in [-0.2, 0) is 16.1 Å². The fourth-order valence-corrected chi connectivity index (χ4v) is 4.77. The molecule has 2 aromatic carbocycles. The molecule has 1 aliphatic rings. The van der Waals surface area contributed by atoms with E-state index in [2.05, 4.69) is 6.92 Å². The quantitative estimate of drug-likeness (QED) is 0.325. The fraction of sp³-hybridized carbons (Fsp3) is 0.433. The van der Waals surface area contributed by atoms with Gasteiger partial charge in [-0.05, 0) is 82.2 Å². The lowest BCUT2D eigenvalue weighted by atomic mass is 9.82. The Hall–Kier alpha value is -3.61. The molecule has 0 unspecified atom stereocenters. The minimum atomic E-state index is -0.484. The molecule has 0 atom stereocenters. The van der Waals surface area contributed by atoms with E-state index in [1.165, 1.54) is 0 Å². The molecule has 1 aromatic heterocycles. The molecule has 7 heteroatoms. The van der Waals surface area contributed by atoms with E-state index in [9.17, 15) is 9.59 Å². The van der Waals surface area contributed by atoms with Crippen LogP contribution in [0.1, 0.15) is 69.3 Å². The van der Waals surface area contributed by atoms with Crippen molar-refractivity contribution < 1.29 is 19.1 Å². The lowest BCUT2D eigenvalue weighted by molar-refractivity contribution is -0.124. The number of rotatable bonds is 9. The van der Waals surface area contributed by atoms with Gasteiger partial charge in [-0.25, -0.2) is 9.48 Å². The van der Waals surface area contributed by atoms with Crippen molar-refractivity contribution in [2.75, 3.05) is 11.5 Å². The summed E-state index contributed by atoms with van der Waals surface area (Å²) in [5, 5.41) is 4.74. The van der Waals surface area contributed by atoms with Gasteiger partial charge in [0.15, 0.2) is 5.82 Å². The minimum absolute atomic E-state index is 0.0300. The highest BCUT2D eigenvalue weighted by atomic mass is 16.5. The summed E-state index contributed by atoms with van der Waals surface area (Å²) in [6, 6.07) is 17.3. The molecule has 3 aromatic rings. The normalized spacial score (nSPS) is 17.4. The number of carbonyl (C=O) groups is 2. The van der Waals surface area contributed by atoms with Gasteiger partial charge in [0.05, 0.1) is 12.3 Å². The average molecular weight is 504 g/mol. The number of anilines is 1. The summed E-state index contributed by atoms with van der Waals surface area (Å²) in [6.45, 7) is 8.63. The van der Waals surface area contributed by atoms with Gasteiger partial charge in [-0.2, -0.15) is 0 Å². The number of hydrogen-bond acceptors (Lipinski definition) is 5. The zero-order valence-electron chi connectivity index (χ0n) is 22.2. The standard InChI is InChI=1S/C30H37N3O4/c1-5-36-30(35)27-19-32(25-15-17-26(18-16-25)37-20-23-9-7-6-8-10-23)31-28(27)33(21(2)3)29(34)24-13-11-22(4)12-14-24/h6-10,15-19,21-22,24H,5,11-14,20H2,1-4H3. The minimum Gasteiger partial charge on any atom is -0.489 e. The molecule has 1 aliphatic carbocycles. The Kier molecular flexibility index (Phi) is 8.64. The van der Waals surface area contributed by atoms with Crippen LogP contribution in [0.2, 0.25) is 0 Å². The first-order valence-corrected chi connectivity index (χ1v) is 13.2.